The van der Waals surface area contributed by atoms with Crippen LogP contribution in [-0.4, -0.2) is 58.7 Å². The minimum Gasteiger partial charge on any atom is -0.337 e. The van der Waals surface area contributed by atoms with Crippen molar-refractivity contribution in [3.63, 3.8) is 0 Å². The molecule has 47 heavy (non-hydrogen) atoms. The number of fused-ring (bicyclic) bond motifs is 3. The van der Waals surface area contributed by atoms with Gasteiger partial charge in [0.05, 0.1) is 5.52 Å². The number of nitrogens with zero attached hydrogens (tertiary/aromatic N) is 6. The summed E-state index contributed by atoms with van der Waals surface area (Å²) in [5.74, 6) is -2.03. The number of alkyl halides is 3. The molecule has 2 aliphatic rings. The van der Waals surface area contributed by atoms with Crippen molar-refractivity contribution in [2.75, 3.05) is 5.32 Å². The van der Waals surface area contributed by atoms with E-state index in [-0.39, 0.29) is 35.5 Å². The van der Waals surface area contributed by atoms with E-state index in [1.165, 1.54) is 28.5 Å². The zero-order valence-electron chi connectivity index (χ0n) is 25.8. The fourth-order valence-corrected chi connectivity index (χ4v) is 6.83. The van der Waals surface area contributed by atoms with E-state index in [1.807, 2.05) is 26.0 Å². The highest BCUT2D eigenvalue weighted by Crippen LogP contribution is 2.59. The maximum atomic E-state index is 14.0. The van der Waals surface area contributed by atoms with Gasteiger partial charge in [0, 0.05) is 47.2 Å². The fraction of sp³-hybridized carbons (Fsp3) is 0.333. The maximum absolute atomic E-state index is 14.0. The van der Waals surface area contributed by atoms with Crippen molar-refractivity contribution in [1.29, 1.82) is 0 Å². The molecule has 0 spiro atoms. The Hall–Kier alpha value is -5.14. The molecule has 3 atom stereocenters. The summed E-state index contributed by atoms with van der Waals surface area (Å²) < 4.78 is 56.6. The Morgan fingerprint density at radius 1 is 1.04 bits per heavy atom. The average molecular weight is 648 g/mol. The van der Waals surface area contributed by atoms with Gasteiger partial charge in [-0.15, -0.1) is 5.10 Å². The normalized spacial score (nSPS) is 20.6. The number of aromatic nitrogens is 5. The Morgan fingerprint density at radius 3 is 2.53 bits per heavy atom. The minimum atomic E-state index is -4.68. The Labute approximate surface area is 265 Å². The molecule has 1 aromatic carbocycles. The number of aryl methyl sites for hydroxylation is 2. The van der Waals surface area contributed by atoms with Gasteiger partial charge in [0.15, 0.2) is 11.4 Å². The predicted molar refractivity (Wildman–Crippen MR) is 163 cm³/mol. The van der Waals surface area contributed by atoms with E-state index < -0.39 is 29.8 Å². The molecule has 0 radical (unpaired) electrons. The minimum absolute atomic E-state index is 0.165. The molecule has 1 N–H and O–H groups in total. The highest BCUT2D eigenvalue weighted by molar-refractivity contribution is 6.09. The smallest absolute Gasteiger partial charge is 0.337 e. The molecule has 2 amide bonds. The number of benzene rings is 1. The van der Waals surface area contributed by atoms with Crippen LogP contribution in [-0.2, 0) is 22.3 Å². The monoisotopic (exact) mass is 647 g/mol. The number of anilines is 1. The van der Waals surface area contributed by atoms with Gasteiger partial charge in [0.2, 0.25) is 17.8 Å². The number of likely N-dealkylation sites (tertiary alicyclic amines) is 1. The first-order valence-corrected chi connectivity index (χ1v) is 15.0. The second-order valence-corrected chi connectivity index (χ2v) is 12.8. The first-order valence-electron chi connectivity index (χ1n) is 15.0. The van der Waals surface area contributed by atoms with Gasteiger partial charge >= 0.3 is 6.18 Å². The SMILES string of the molecule is CC(=O)c1cn(CC(=O)N2C3C[C@]3(C)C[C@H]2C(=O)Nc2nc(C(F)(F)F)ccc2C)c2c(C)cc(-c3cnc4cc(F)nn4c3)cc12. The van der Waals surface area contributed by atoms with Crippen LogP contribution < -0.4 is 5.32 Å². The van der Waals surface area contributed by atoms with Gasteiger partial charge in [-0.3, -0.25) is 14.4 Å². The van der Waals surface area contributed by atoms with Crippen molar-refractivity contribution in [1.82, 2.24) is 29.0 Å². The van der Waals surface area contributed by atoms with E-state index in [0.29, 0.717) is 46.1 Å². The van der Waals surface area contributed by atoms with Crippen LogP contribution in [0.2, 0.25) is 0 Å². The molecule has 5 aromatic rings. The third-order valence-corrected chi connectivity index (χ3v) is 9.32. The quantitative estimate of drug-likeness (QED) is 0.186. The van der Waals surface area contributed by atoms with Crippen LogP contribution in [0.25, 0.3) is 27.7 Å². The van der Waals surface area contributed by atoms with Crippen molar-refractivity contribution in [2.24, 2.45) is 5.41 Å². The number of ketones is 1. The van der Waals surface area contributed by atoms with E-state index in [4.69, 9.17) is 0 Å². The lowest BCUT2D eigenvalue weighted by Gasteiger charge is -2.27. The molecule has 1 saturated carbocycles. The third kappa shape index (κ3) is 5.21. The molecular formula is C33H29F4N7O3. The number of pyridine rings is 1. The Balaban J connectivity index is 1.19. The van der Waals surface area contributed by atoms with E-state index in [0.717, 1.165) is 17.2 Å². The van der Waals surface area contributed by atoms with Crippen molar-refractivity contribution < 1.29 is 31.9 Å². The van der Waals surface area contributed by atoms with E-state index in [1.54, 1.807) is 30.1 Å². The van der Waals surface area contributed by atoms with Gasteiger partial charge in [-0.1, -0.05) is 13.0 Å². The molecule has 10 nitrogen and oxygen atoms in total. The summed E-state index contributed by atoms with van der Waals surface area (Å²) in [6, 6.07) is 5.90. The number of rotatable bonds is 6. The molecule has 1 saturated heterocycles. The van der Waals surface area contributed by atoms with Gasteiger partial charge in [-0.2, -0.15) is 17.6 Å². The highest BCUT2D eigenvalue weighted by Gasteiger charge is 2.64. The first-order chi connectivity index (χ1) is 22.1. The van der Waals surface area contributed by atoms with Crippen LogP contribution in [0.3, 0.4) is 0 Å². The molecule has 242 valence electrons. The van der Waals surface area contributed by atoms with Gasteiger partial charge in [0.25, 0.3) is 0 Å². The molecule has 1 aliphatic carbocycles. The zero-order chi connectivity index (χ0) is 33.6. The molecule has 7 rings (SSSR count). The third-order valence-electron chi connectivity index (χ3n) is 9.32. The average Bonchev–Trinajstić information content (AvgIpc) is 3.26. The molecule has 5 heterocycles. The van der Waals surface area contributed by atoms with Gasteiger partial charge in [-0.25, -0.2) is 14.5 Å². The summed E-state index contributed by atoms with van der Waals surface area (Å²) in [4.78, 5) is 49.7. The summed E-state index contributed by atoms with van der Waals surface area (Å²) in [5, 5.41) is 6.94. The van der Waals surface area contributed by atoms with Crippen LogP contribution in [0.4, 0.5) is 23.4 Å². The lowest BCUT2D eigenvalue weighted by molar-refractivity contribution is -0.141. The summed E-state index contributed by atoms with van der Waals surface area (Å²) in [6.45, 7) is 6.64. The number of piperidine rings is 1. The van der Waals surface area contributed by atoms with Crippen LogP contribution in [0.5, 0.6) is 0 Å². The maximum Gasteiger partial charge on any atom is 0.433 e. The molecular weight excluding hydrogens is 618 g/mol. The highest BCUT2D eigenvalue weighted by atomic mass is 19.4. The first kappa shape index (κ1) is 30.5. The van der Waals surface area contributed by atoms with Crippen LogP contribution in [0.15, 0.2) is 48.9 Å². The zero-order valence-corrected chi connectivity index (χ0v) is 25.8. The van der Waals surface area contributed by atoms with Crippen molar-refractivity contribution in [2.45, 2.75) is 65.3 Å². The number of hydrogen-bond acceptors (Lipinski definition) is 6. The molecule has 1 unspecified atom stereocenters. The van der Waals surface area contributed by atoms with Crippen molar-refractivity contribution in [3.8, 4) is 11.1 Å². The van der Waals surface area contributed by atoms with Gasteiger partial charge < -0.3 is 14.8 Å². The molecule has 0 bridgehead atoms. The summed E-state index contributed by atoms with van der Waals surface area (Å²) in [7, 11) is 0. The fourth-order valence-electron chi connectivity index (χ4n) is 6.83. The molecule has 2 fully saturated rings. The number of carbonyl (C=O) groups excluding carboxylic acids is 3. The standard InChI is InChI=1S/C33H29F4N7O3/c1-16-5-6-24(33(35,36)37)39-30(16)40-31(47)23-10-32(4)11-25(32)44(23)28(46)15-42-14-22(18(3)45)21-8-19(7-17(2)29(21)42)20-12-38-27-9-26(34)41-43(27)13-20/h5-9,12-14,23,25H,10-11,15H2,1-4H3,(H,39,40,47)/t23-,25?,32-/m0/s1. The van der Waals surface area contributed by atoms with Crippen molar-refractivity contribution in [3.05, 3.63) is 77.3 Å². The Kier molecular flexibility index (Phi) is 6.78. The number of amides is 2. The summed E-state index contributed by atoms with van der Waals surface area (Å²) in [6.07, 6.45) is 1.24. The number of nitrogens with one attached hydrogen (secondary N) is 1. The summed E-state index contributed by atoms with van der Waals surface area (Å²) >= 11 is 0. The van der Waals surface area contributed by atoms with E-state index >= 15 is 0 Å². The number of Topliss-reactive ketones (excluding diaryl/α,β-unsaturated/α-hetero) is 1. The topological polar surface area (TPSA) is 114 Å². The second kappa shape index (κ2) is 10.4. The number of carbonyl (C=O) groups is 3. The van der Waals surface area contributed by atoms with Crippen LogP contribution >= 0.6 is 0 Å². The predicted octanol–water partition coefficient (Wildman–Crippen LogP) is 5.74. The Bertz CT molecular complexity index is 2150. The number of halogens is 4. The lowest BCUT2D eigenvalue weighted by Crippen LogP contribution is -2.46. The number of hydrogen-bond donors (Lipinski definition) is 1. The van der Waals surface area contributed by atoms with Gasteiger partial charge in [0.1, 0.15) is 24.1 Å². The van der Waals surface area contributed by atoms with Crippen molar-refractivity contribution >= 4 is 40.0 Å². The lowest BCUT2D eigenvalue weighted by atomic mass is 10.0. The second-order valence-electron chi connectivity index (χ2n) is 12.8. The molecule has 14 heteroatoms. The molecule has 1 aliphatic heterocycles. The van der Waals surface area contributed by atoms with E-state index in [9.17, 15) is 31.9 Å². The van der Waals surface area contributed by atoms with Gasteiger partial charge in [-0.05, 0) is 73.9 Å². The van der Waals surface area contributed by atoms with E-state index in [2.05, 4.69) is 20.4 Å². The largest absolute Gasteiger partial charge is 0.433 e. The summed E-state index contributed by atoms with van der Waals surface area (Å²) in [5.41, 5.74) is 2.49. The van der Waals surface area contributed by atoms with Crippen LogP contribution in [0, 0.1) is 25.2 Å². The molecule has 4 aromatic heterocycles. The van der Waals surface area contributed by atoms with Crippen LogP contribution in [0.1, 0.15) is 53.9 Å². The Morgan fingerprint density at radius 2 is 1.81 bits per heavy atom.